The van der Waals surface area contributed by atoms with Crippen molar-refractivity contribution in [1.82, 2.24) is 0 Å². The summed E-state index contributed by atoms with van der Waals surface area (Å²) >= 11 is 0. The predicted molar refractivity (Wildman–Crippen MR) is 46.7 cm³/mol. The number of aromatic hydroxyl groups is 1. The van der Waals surface area contributed by atoms with Gasteiger partial charge in [0.25, 0.3) is 0 Å². The van der Waals surface area contributed by atoms with Gasteiger partial charge in [0.2, 0.25) is 0 Å². The SMILES string of the molecule is Cl.Nc1cccc(C(=O)O)c1O. The molecule has 0 unspecified atom stereocenters. The second-order valence-electron chi connectivity index (χ2n) is 2.05. The van der Waals surface area contributed by atoms with Gasteiger partial charge in [-0.1, -0.05) is 6.07 Å². The van der Waals surface area contributed by atoms with E-state index in [1.54, 1.807) is 0 Å². The van der Waals surface area contributed by atoms with Crippen LogP contribution in [0.5, 0.6) is 5.75 Å². The number of carbonyl (C=O) groups is 1. The molecule has 0 radical (unpaired) electrons. The number of nitrogens with two attached hydrogens (primary N) is 1. The monoisotopic (exact) mass is 189 g/mol. The van der Waals surface area contributed by atoms with Gasteiger partial charge in [0.1, 0.15) is 5.56 Å². The minimum Gasteiger partial charge on any atom is -0.505 e. The van der Waals surface area contributed by atoms with Crippen LogP contribution in [0.3, 0.4) is 0 Å². The van der Waals surface area contributed by atoms with Gasteiger partial charge in [0, 0.05) is 0 Å². The molecule has 12 heavy (non-hydrogen) atoms. The molecule has 4 nitrogen and oxygen atoms in total. The Morgan fingerprint density at radius 2 is 2.00 bits per heavy atom. The molecule has 0 aliphatic heterocycles. The average molecular weight is 190 g/mol. The summed E-state index contributed by atoms with van der Waals surface area (Å²) in [6.07, 6.45) is 0. The van der Waals surface area contributed by atoms with E-state index < -0.39 is 5.97 Å². The summed E-state index contributed by atoms with van der Waals surface area (Å²) in [7, 11) is 0. The Hall–Kier alpha value is -1.42. The number of para-hydroxylation sites is 1. The quantitative estimate of drug-likeness (QED) is 0.456. The van der Waals surface area contributed by atoms with Crippen molar-refractivity contribution in [3.05, 3.63) is 23.8 Å². The Labute approximate surface area is 75.0 Å². The minimum absolute atomic E-state index is 0. The summed E-state index contributed by atoms with van der Waals surface area (Å²) in [5.41, 5.74) is 5.14. The Morgan fingerprint density at radius 1 is 1.42 bits per heavy atom. The number of anilines is 1. The van der Waals surface area contributed by atoms with Gasteiger partial charge < -0.3 is 15.9 Å². The molecule has 1 aromatic carbocycles. The van der Waals surface area contributed by atoms with E-state index in [0.29, 0.717) is 0 Å². The Bertz CT molecular complexity index is 301. The first-order valence-corrected chi connectivity index (χ1v) is 2.93. The number of benzene rings is 1. The third kappa shape index (κ3) is 1.79. The lowest BCUT2D eigenvalue weighted by atomic mass is 10.2. The molecule has 0 aromatic heterocycles. The van der Waals surface area contributed by atoms with Gasteiger partial charge in [-0.15, -0.1) is 12.4 Å². The van der Waals surface area contributed by atoms with Crippen LogP contribution >= 0.6 is 12.4 Å². The fourth-order valence-electron chi connectivity index (χ4n) is 0.734. The van der Waals surface area contributed by atoms with E-state index in [0.717, 1.165) is 0 Å². The number of carboxylic acid groups (broad SMARTS) is 1. The van der Waals surface area contributed by atoms with Gasteiger partial charge in [-0.05, 0) is 12.1 Å². The van der Waals surface area contributed by atoms with Crippen molar-refractivity contribution in [1.29, 1.82) is 0 Å². The average Bonchev–Trinajstić information content (AvgIpc) is 1.94. The van der Waals surface area contributed by atoms with Crippen LogP contribution in [0.15, 0.2) is 18.2 Å². The molecule has 0 bridgehead atoms. The number of nitrogen functional groups attached to an aromatic ring is 1. The number of carboxylic acids is 1. The van der Waals surface area contributed by atoms with Crippen molar-refractivity contribution in [2.24, 2.45) is 0 Å². The highest BCUT2D eigenvalue weighted by Crippen LogP contribution is 2.23. The van der Waals surface area contributed by atoms with E-state index in [1.807, 2.05) is 0 Å². The van der Waals surface area contributed by atoms with E-state index in [-0.39, 0.29) is 29.4 Å². The number of hydrogen-bond acceptors (Lipinski definition) is 3. The summed E-state index contributed by atoms with van der Waals surface area (Å²) in [4.78, 5) is 10.4. The van der Waals surface area contributed by atoms with Crippen molar-refractivity contribution in [2.75, 3.05) is 5.73 Å². The second-order valence-corrected chi connectivity index (χ2v) is 2.05. The molecular weight excluding hydrogens is 182 g/mol. The fraction of sp³-hybridized carbons (Fsp3) is 0. The van der Waals surface area contributed by atoms with Crippen LogP contribution in [-0.4, -0.2) is 16.2 Å². The molecule has 1 rings (SSSR count). The molecule has 0 spiro atoms. The molecule has 0 heterocycles. The molecule has 0 saturated heterocycles. The maximum Gasteiger partial charge on any atom is 0.339 e. The predicted octanol–water partition coefficient (Wildman–Crippen LogP) is 1.09. The van der Waals surface area contributed by atoms with E-state index in [4.69, 9.17) is 15.9 Å². The van der Waals surface area contributed by atoms with Crippen molar-refractivity contribution in [3.8, 4) is 5.75 Å². The first-order valence-electron chi connectivity index (χ1n) is 2.93. The van der Waals surface area contributed by atoms with Gasteiger partial charge in [-0.2, -0.15) is 0 Å². The van der Waals surface area contributed by atoms with Crippen molar-refractivity contribution >= 4 is 24.1 Å². The number of phenols is 1. The zero-order valence-corrected chi connectivity index (χ0v) is 6.84. The Kier molecular flexibility index (Phi) is 3.37. The highest BCUT2D eigenvalue weighted by atomic mass is 35.5. The van der Waals surface area contributed by atoms with Gasteiger partial charge in [0.15, 0.2) is 5.75 Å². The minimum atomic E-state index is -1.19. The molecule has 0 amide bonds. The standard InChI is InChI=1S/C7H7NO3.ClH/c8-5-3-1-2-4(6(5)9)7(10)11;/h1-3,9H,8H2,(H,10,11);1H. The molecule has 66 valence electrons. The summed E-state index contributed by atoms with van der Waals surface area (Å²) < 4.78 is 0. The van der Waals surface area contributed by atoms with E-state index >= 15 is 0 Å². The largest absolute Gasteiger partial charge is 0.505 e. The maximum atomic E-state index is 10.4. The van der Waals surface area contributed by atoms with E-state index in [1.165, 1.54) is 18.2 Å². The van der Waals surface area contributed by atoms with E-state index in [2.05, 4.69) is 0 Å². The number of halogens is 1. The molecule has 5 heteroatoms. The molecular formula is C7H8ClNO3. The third-order valence-corrected chi connectivity index (χ3v) is 1.30. The molecule has 0 aliphatic carbocycles. The first-order chi connectivity index (χ1) is 5.13. The first kappa shape index (κ1) is 10.6. The van der Waals surface area contributed by atoms with Gasteiger partial charge in [-0.25, -0.2) is 4.79 Å². The van der Waals surface area contributed by atoms with Crippen LogP contribution in [0.25, 0.3) is 0 Å². The van der Waals surface area contributed by atoms with Crippen LogP contribution in [-0.2, 0) is 0 Å². The summed E-state index contributed by atoms with van der Waals surface area (Å²) in [6.45, 7) is 0. The topological polar surface area (TPSA) is 83.6 Å². The van der Waals surface area contributed by atoms with Crippen LogP contribution in [0.1, 0.15) is 10.4 Å². The van der Waals surface area contributed by atoms with Crippen LogP contribution in [0.2, 0.25) is 0 Å². The van der Waals surface area contributed by atoms with E-state index in [9.17, 15) is 4.79 Å². The lowest BCUT2D eigenvalue weighted by molar-refractivity contribution is 0.0694. The number of rotatable bonds is 1. The molecule has 0 saturated carbocycles. The van der Waals surface area contributed by atoms with Crippen molar-refractivity contribution in [3.63, 3.8) is 0 Å². The molecule has 0 atom stereocenters. The number of hydrogen-bond donors (Lipinski definition) is 3. The molecule has 1 aromatic rings. The zero-order chi connectivity index (χ0) is 8.43. The zero-order valence-electron chi connectivity index (χ0n) is 6.02. The highest BCUT2D eigenvalue weighted by molar-refractivity contribution is 5.92. The molecule has 0 aliphatic rings. The summed E-state index contributed by atoms with van der Waals surface area (Å²) in [6, 6.07) is 4.19. The Balaban J connectivity index is 0.00000121. The fourth-order valence-corrected chi connectivity index (χ4v) is 0.734. The smallest absolute Gasteiger partial charge is 0.339 e. The van der Waals surface area contributed by atoms with Crippen LogP contribution < -0.4 is 5.73 Å². The third-order valence-electron chi connectivity index (χ3n) is 1.30. The number of aromatic carboxylic acids is 1. The van der Waals surface area contributed by atoms with Gasteiger partial charge in [0.05, 0.1) is 5.69 Å². The van der Waals surface area contributed by atoms with Crippen molar-refractivity contribution < 1.29 is 15.0 Å². The van der Waals surface area contributed by atoms with Crippen LogP contribution in [0.4, 0.5) is 5.69 Å². The molecule has 4 N–H and O–H groups in total. The van der Waals surface area contributed by atoms with Gasteiger partial charge in [-0.3, -0.25) is 0 Å². The molecule has 0 fully saturated rings. The lowest BCUT2D eigenvalue weighted by Gasteiger charge is -2.00. The second kappa shape index (κ2) is 3.82. The lowest BCUT2D eigenvalue weighted by Crippen LogP contribution is -1.98. The van der Waals surface area contributed by atoms with Crippen LogP contribution in [0, 0.1) is 0 Å². The normalized spacial score (nSPS) is 8.67. The summed E-state index contributed by atoms with van der Waals surface area (Å²) in [5.74, 6) is -1.56. The Morgan fingerprint density at radius 3 is 2.42 bits per heavy atom. The maximum absolute atomic E-state index is 10.4. The van der Waals surface area contributed by atoms with Gasteiger partial charge >= 0.3 is 5.97 Å². The highest BCUT2D eigenvalue weighted by Gasteiger charge is 2.09. The summed E-state index contributed by atoms with van der Waals surface area (Å²) in [5, 5.41) is 17.5. The van der Waals surface area contributed by atoms with Crippen molar-refractivity contribution in [2.45, 2.75) is 0 Å².